The molecule has 1 aliphatic heterocycles. The summed E-state index contributed by atoms with van der Waals surface area (Å²) in [6.45, 7) is 0. The summed E-state index contributed by atoms with van der Waals surface area (Å²) in [5.74, 6) is -0.394. The Morgan fingerprint density at radius 1 is 1.11 bits per heavy atom. The molecule has 1 heterocycles. The molecule has 3 rings (SSSR count). The van der Waals surface area contributed by atoms with Crippen molar-refractivity contribution in [1.29, 1.82) is 0 Å². The summed E-state index contributed by atoms with van der Waals surface area (Å²) in [6, 6.07) is 11.5. The lowest BCUT2D eigenvalue weighted by molar-refractivity contribution is 0.0717. The largest absolute Gasteiger partial charge is 0.422 e. The second-order valence-electron chi connectivity index (χ2n) is 4.22. The third kappa shape index (κ3) is 2.06. The number of ether oxygens (including phenoxy) is 1. The number of halogens is 1. The van der Waals surface area contributed by atoms with Gasteiger partial charge in [0.1, 0.15) is 19.4 Å². The van der Waals surface area contributed by atoms with Gasteiger partial charge in [0.2, 0.25) is 0 Å². The summed E-state index contributed by atoms with van der Waals surface area (Å²) < 4.78 is 18.3. The molecule has 0 amide bonds. The maximum Gasteiger partial charge on any atom is 0.344 e. The highest BCUT2D eigenvalue weighted by atomic mass is 19.1. The van der Waals surface area contributed by atoms with Gasteiger partial charge in [0.05, 0.1) is 5.56 Å². The van der Waals surface area contributed by atoms with Crippen LogP contribution in [0.15, 0.2) is 42.5 Å². The molecule has 2 radical (unpaired) electrons. The molecule has 0 saturated carbocycles. The van der Waals surface area contributed by atoms with Gasteiger partial charge in [0.15, 0.2) is 0 Å². The third-order valence-electron chi connectivity index (χ3n) is 2.93. The van der Waals surface area contributed by atoms with E-state index in [0.29, 0.717) is 16.9 Å². The van der Waals surface area contributed by atoms with Gasteiger partial charge < -0.3 is 4.74 Å². The molecule has 2 nitrogen and oxygen atoms in total. The summed E-state index contributed by atoms with van der Waals surface area (Å²) in [7, 11) is 5.50. The smallest absolute Gasteiger partial charge is 0.344 e. The zero-order chi connectivity index (χ0) is 13.4. The van der Waals surface area contributed by atoms with Crippen LogP contribution < -0.4 is 5.46 Å². The van der Waals surface area contributed by atoms with Crippen LogP contribution in [0.2, 0.25) is 0 Å². The van der Waals surface area contributed by atoms with Crippen molar-refractivity contribution in [2.45, 2.75) is 0 Å². The van der Waals surface area contributed by atoms with Crippen molar-refractivity contribution >= 4 is 31.1 Å². The average Bonchev–Trinajstić information content (AvgIpc) is 2.72. The van der Waals surface area contributed by atoms with Crippen molar-refractivity contribution in [2.75, 3.05) is 0 Å². The van der Waals surface area contributed by atoms with Gasteiger partial charge in [-0.25, -0.2) is 9.18 Å². The Balaban J connectivity index is 2.06. The SMILES string of the molecule is [B]c1cc(/C=C2\OC(=O)c3ccccc32)ccc1F. The van der Waals surface area contributed by atoms with Crippen LogP contribution in [0.3, 0.4) is 0 Å². The van der Waals surface area contributed by atoms with Gasteiger partial charge in [0, 0.05) is 5.56 Å². The predicted octanol–water partition coefficient (Wildman–Crippen LogP) is 2.29. The first-order chi connectivity index (χ1) is 9.15. The first-order valence-electron chi connectivity index (χ1n) is 5.73. The minimum atomic E-state index is -0.467. The van der Waals surface area contributed by atoms with Crippen LogP contribution in [0.4, 0.5) is 4.39 Å². The predicted molar refractivity (Wildman–Crippen MR) is 71.5 cm³/mol. The van der Waals surface area contributed by atoms with E-state index in [9.17, 15) is 9.18 Å². The number of benzene rings is 2. The van der Waals surface area contributed by atoms with Gasteiger partial charge >= 0.3 is 5.97 Å². The Bertz CT molecular complexity index is 707. The van der Waals surface area contributed by atoms with E-state index in [1.54, 1.807) is 30.3 Å². The van der Waals surface area contributed by atoms with E-state index >= 15 is 0 Å². The molecule has 0 bridgehead atoms. The summed E-state index contributed by atoms with van der Waals surface area (Å²) in [6.07, 6.45) is 1.67. The quantitative estimate of drug-likeness (QED) is 0.573. The number of carbonyl (C=O) groups excluding carboxylic acids is 1. The highest BCUT2D eigenvalue weighted by Crippen LogP contribution is 2.30. The fraction of sp³-hybridized carbons (Fsp3) is 0. The van der Waals surface area contributed by atoms with Gasteiger partial charge in [0.25, 0.3) is 0 Å². The monoisotopic (exact) mass is 250 g/mol. The fourth-order valence-electron chi connectivity index (χ4n) is 2.00. The lowest BCUT2D eigenvalue weighted by Gasteiger charge is -2.01. The highest BCUT2D eigenvalue weighted by Gasteiger charge is 2.25. The molecule has 2 aromatic carbocycles. The van der Waals surface area contributed by atoms with Crippen molar-refractivity contribution in [3.05, 3.63) is 65.0 Å². The second kappa shape index (κ2) is 4.39. The lowest BCUT2D eigenvalue weighted by Crippen LogP contribution is -2.07. The van der Waals surface area contributed by atoms with E-state index in [-0.39, 0.29) is 11.4 Å². The van der Waals surface area contributed by atoms with Crippen LogP contribution in [0.5, 0.6) is 0 Å². The Hall–Kier alpha value is -2.36. The molecule has 90 valence electrons. The first kappa shape index (κ1) is 11.7. The van der Waals surface area contributed by atoms with E-state index in [1.165, 1.54) is 12.1 Å². The van der Waals surface area contributed by atoms with Gasteiger partial charge in [-0.05, 0) is 23.8 Å². The zero-order valence-electron chi connectivity index (χ0n) is 9.89. The molecule has 0 unspecified atom stereocenters. The van der Waals surface area contributed by atoms with Gasteiger partial charge in [-0.15, -0.1) is 0 Å². The maximum absolute atomic E-state index is 13.1. The van der Waals surface area contributed by atoms with Gasteiger partial charge in [-0.3, -0.25) is 0 Å². The topological polar surface area (TPSA) is 26.3 Å². The summed E-state index contributed by atoms with van der Waals surface area (Å²) >= 11 is 0. The number of fused-ring (bicyclic) bond motifs is 1. The Labute approximate surface area is 110 Å². The molecule has 0 saturated heterocycles. The molecule has 0 spiro atoms. The van der Waals surface area contributed by atoms with Crippen molar-refractivity contribution in [3.8, 4) is 0 Å². The number of carbonyl (C=O) groups is 1. The van der Waals surface area contributed by atoms with E-state index in [0.717, 1.165) is 5.56 Å². The average molecular weight is 250 g/mol. The molecule has 2 aromatic rings. The summed E-state index contributed by atoms with van der Waals surface area (Å²) in [4.78, 5) is 11.6. The van der Waals surface area contributed by atoms with E-state index in [4.69, 9.17) is 12.6 Å². The number of hydrogen-bond acceptors (Lipinski definition) is 2. The van der Waals surface area contributed by atoms with Crippen molar-refractivity contribution in [1.82, 2.24) is 0 Å². The second-order valence-corrected chi connectivity index (χ2v) is 4.22. The Kier molecular flexibility index (Phi) is 2.71. The molecule has 0 aliphatic carbocycles. The normalized spacial score (nSPS) is 15.4. The van der Waals surface area contributed by atoms with Crippen LogP contribution >= 0.6 is 0 Å². The fourth-order valence-corrected chi connectivity index (χ4v) is 2.00. The minimum absolute atomic E-state index is 0.0620. The minimum Gasteiger partial charge on any atom is -0.422 e. The summed E-state index contributed by atoms with van der Waals surface area (Å²) in [5, 5.41) is 0. The van der Waals surface area contributed by atoms with E-state index < -0.39 is 5.82 Å². The van der Waals surface area contributed by atoms with Gasteiger partial charge in [-0.1, -0.05) is 35.8 Å². The van der Waals surface area contributed by atoms with Crippen LogP contribution in [0, 0.1) is 5.82 Å². The number of hydrogen-bond donors (Lipinski definition) is 0. The van der Waals surface area contributed by atoms with Gasteiger partial charge in [-0.2, -0.15) is 0 Å². The summed E-state index contributed by atoms with van der Waals surface area (Å²) in [5.41, 5.74) is 2.00. The number of cyclic esters (lactones) is 1. The van der Waals surface area contributed by atoms with E-state index in [1.807, 2.05) is 6.07 Å². The first-order valence-corrected chi connectivity index (χ1v) is 5.73. The number of esters is 1. The van der Waals surface area contributed by atoms with Crippen LogP contribution in [-0.2, 0) is 4.74 Å². The third-order valence-corrected chi connectivity index (χ3v) is 2.93. The lowest BCUT2D eigenvalue weighted by atomic mass is 9.93. The molecule has 1 aliphatic rings. The zero-order valence-corrected chi connectivity index (χ0v) is 9.89. The number of rotatable bonds is 1. The molecule has 0 atom stereocenters. The molecule has 4 heteroatoms. The van der Waals surface area contributed by atoms with Crippen LogP contribution in [0.1, 0.15) is 21.5 Å². The maximum atomic E-state index is 13.1. The highest BCUT2D eigenvalue weighted by molar-refractivity contribution is 6.32. The Morgan fingerprint density at radius 3 is 2.58 bits per heavy atom. The molecular formula is C15H8BFO2. The van der Waals surface area contributed by atoms with Crippen molar-refractivity contribution < 1.29 is 13.9 Å². The molecule has 0 N–H and O–H groups in total. The standard InChI is InChI=1S/C15H8BFO2/c16-12-7-9(5-6-13(12)17)8-14-10-3-1-2-4-11(10)15(18)19-14/h1-8H/b14-8-. The van der Waals surface area contributed by atoms with Crippen LogP contribution in [-0.4, -0.2) is 13.8 Å². The molecule has 0 fully saturated rings. The molecule has 19 heavy (non-hydrogen) atoms. The van der Waals surface area contributed by atoms with E-state index in [2.05, 4.69) is 0 Å². The Morgan fingerprint density at radius 2 is 1.84 bits per heavy atom. The molecule has 0 aromatic heterocycles. The van der Waals surface area contributed by atoms with Crippen molar-refractivity contribution in [3.63, 3.8) is 0 Å². The molecular weight excluding hydrogens is 242 g/mol. The van der Waals surface area contributed by atoms with Crippen molar-refractivity contribution in [2.24, 2.45) is 0 Å². The van der Waals surface area contributed by atoms with Crippen LogP contribution in [0.25, 0.3) is 11.8 Å².